The second-order valence-corrected chi connectivity index (χ2v) is 5.59. The van der Waals surface area contributed by atoms with Crippen LogP contribution in [-0.4, -0.2) is 6.04 Å². The van der Waals surface area contributed by atoms with E-state index < -0.39 is 0 Å². The lowest BCUT2D eigenvalue weighted by Gasteiger charge is -2.30. The van der Waals surface area contributed by atoms with E-state index in [1.807, 2.05) is 0 Å². The lowest BCUT2D eigenvalue weighted by molar-refractivity contribution is 0.488. The number of rotatable bonds is 2. The molecule has 0 spiro atoms. The van der Waals surface area contributed by atoms with Gasteiger partial charge >= 0.3 is 0 Å². The minimum atomic E-state index is 0.0950. The van der Waals surface area contributed by atoms with Crippen LogP contribution in [0.15, 0.2) is 48.1 Å². The Morgan fingerprint density at radius 2 is 1.82 bits per heavy atom. The molecule has 0 heterocycles. The minimum absolute atomic E-state index is 0.0950. The Kier molecular flexibility index (Phi) is 3.21. The Hall–Kier alpha value is -1.34. The maximum absolute atomic E-state index is 6.07. The first-order valence-electron chi connectivity index (χ1n) is 6.23. The van der Waals surface area contributed by atoms with Crippen molar-refractivity contribution in [1.29, 1.82) is 0 Å². The van der Waals surface area contributed by atoms with E-state index in [1.54, 1.807) is 0 Å². The van der Waals surface area contributed by atoms with Gasteiger partial charge in [-0.2, -0.15) is 0 Å². The third-order valence-electron chi connectivity index (χ3n) is 3.31. The predicted octanol–water partition coefficient (Wildman–Crippen LogP) is 3.77. The second kappa shape index (κ2) is 4.50. The Balaban J connectivity index is 2.48. The van der Waals surface area contributed by atoms with Crippen LogP contribution >= 0.6 is 0 Å². The number of hydrogen-bond donors (Lipinski definition) is 1. The van der Waals surface area contributed by atoms with Gasteiger partial charge in [-0.3, -0.25) is 0 Å². The molecular weight excluding hydrogens is 206 g/mol. The van der Waals surface area contributed by atoms with Crippen LogP contribution in [0.5, 0.6) is 0 Å². The van der Waals surface area contributed by atoms with E-state index in [1.165, 1.54) is 16.7 Å². The summed E-state index contributed by atoms with van der Waals surface area (Å²) in [5.41, 5.74) is 10.3. The largest absolute Gasteiger partial charge is 0.324 e. The summed E-state index contributed by atoms with van der Waals surface area (Å²) in [5.74, 6) is 0. The quantitative estimate of drug-likeness (QED) is 0.817. The van der Waals surface area contributed by atoms with Crippen molar-refractivity contribution >= 4 is 5.57 Å². The van der Waals surface area contributed by atoms with Crippen molar-refractivity contribution in [3.63, 3.8) is 0 Å². The number of allylic oxidation sites excluding steroid dienone is 2. The molecule has 1 aliphatic rings. The van der Waals surface area contributed by atoms with Crippen molar-refractivity contribution in [1.82, 2.24) is 0 Å². The molecule has 1 nitrogen and oxygen atoms in total. The van der Waals surface area contributed by atoms with Crippen molar-refractivity contribution in [2.75, 3.05) is 0 Å². The number of benzene rings is 1. The van der Waals surface area contributed by atoms with E-state index in [4.69, 9.17) is 5.73 Å². The number of hydrogen-bond acceptors (Lipinski definition) is 1. The van der Waals surface area contributed by atoms with E-state index in [0.29, 0.717) is 0 Å². The third-order valence-corrected chi connectivity index (χ3v) is 3.31. The third kappa shape index (κ3) is 2.67. The normalized spacial score (nSPS) is 20.5. The Morgan fingerprint density at radius 3 is 2.41 bits per heavy atom. The molecule has 0 saturated carbocycles. The first-order chi connectivity index (χ1) is 7.99. The summed E-state index contributed by atoms with van der Waals surface area (Å²) in [7, 11) is 0. The fraction of sp³-hybridized carbons (Fsp3) is 0.375. The van der Waals surface area contributed by atoms with Crippen LogP contribution in [0.2, 0.25) is 0 Å². The molecule has 2 rings (SSSR count). The van der Waals surface area contributed by atoms with Gasteiger partial charge < -0.3 is 5.73 Å². The van der Waals surface area contributed by atoms with E-state index in [0.717, 1.165) is 6.42 Å². The van der Waals surface area contributed by atoms with Crippen LogP contribution in [-0.2, 0) is 0 Å². The second-order valence-electron chi connectivity index (χ2n) is 5.59. The van der Waals surface area contributed by atoms with Crippen LogP contribution in [0.1, 0.15) is 32.8 Å². The van der Waals surface area contributed by atoms with Gasteiger partial charge in [-0.1, -0.05) is 56.3 Å². The van der Waals surface area contributed by atoms with E-state index in [2.05, 4.69) is 63.3 Å². The van der Waals surface area contributed by atoms with Gasteiger partial charge in [0.25, 0.3) is 0 Å². The van der Waals surface area contributed by atoms with E-state index in [-0.39, 0.29) is 11.5 Å². The summed E-state index contributed by atoms with van der Waals surface area (Å²) < 4.78 is 0. The van der Waals surface area contributed by atoms with Gasteiger partial charge in [-0.15, -0.1) is 0 Å². The molecule has 17 heavy (non-hydrogen) atoms. The summed E-state index contributed by atoms with van der Waals surface area (Å²) in [4.78, 5) is 0. The van der Waals surface area contributed by atoms with Crippen molar-refractivity contribution in [2.24, 2.45) is 11.1 Å². The Labute approximate surface area is 104 Å². The van der Waals surface area contributed by atoms with Gasteiger partial charge in [0.2, 0.25) is 0 Å². The van der Waals surface area contributed by atoms with E-state index >= 15 is 0 Å². The van der Waals surface area contributed by atoms with Gasteiger partial charge in [0.1, 0.15) is 0 Å². The van der Waals surface area contributed by atoms with Crippen LogP contribution < -0.4 is 5.73 Å². The summed E-state index contributed by atoms with van der Waals surface area (Å²) in [6.07, 6.45) is 5.54. The van der Waals surface area contributed by atoms with Crippen LogP contribution in [0, 0.1) is 5.41 Å². The van der Waals surface area contributed by atoms with Crippen LogP contribution in [0.25, 0.3) is 5.57 Å². The molecule has 0 amide bonds. The molecule has 1 atom stereocenters. The van der Waals surface area contributed by atoms with Crippen molar-refractivity contribution in [2.45, 2.75) is 33.2 Å². The van der Waals surface area contributed by atoms with Crippen LogP contribution in [0.3, 0.4) is 0 Å². The summed E-state index contributed by atoms with van der Waals surface area (Å²) in [5, 5.41) is 0. The fourth-order valence-corrected chi connectivity index (χ4v) is 2.37. The molecule has 2 N–H and O–H groups in total. The molecule has 1 aliphatic carbocycles. The first-order valence-corrected chi connectivity index (χ1v) is 6.23. The Bertz CT molecular complexity index is 450. The maximum Gasteiger partial charge on any atom is 0.0268 e. The molecule has 1 aromatic carbocycles. The molecule has 90 valence electrons. The molecule has 0 saturated heterocycles. The van der Waals surface area contributed by atoms with Crippen molar-refractivity contribution in [3.05, 3.63) is 53.6 Å². The van der Waals surface area contributed by atoms with Crippen molar-refractivity contribution in [3.8, 4) is 0 Å². The molecule has 0 radical (unpaired) electrons. The van der Waals surface area contributed by atoms with Gasteiger partial charge in [-0.25, -0.2) is 0 Å². The zero-order valence-electron chi connectivity index (χ0n) is 10.9. The lowest BCUT2D eigenvalue weighted by Crippen LogP contribution is -2.23. The standard InChI is InChI=1S/C16H21N/c1-12(17)14-9-10-16(2,3)11-15(14)13-7-5-4-6-8-13/h4-10,12H,11,17H2,1-3H3. The zero-order valence-corrected chi connectivity index (χ0v) is 10.9. The molecule has 1 aromatic rings. The molecular formula is C16H21N. The SMILES string of the molecule is CC(N)C1=C(c2ccccc2)CC(C)(C)C=C1. The highest BCUT2D eigenvalue weighted by molar-refractivity contribution is 5.73. The summed E-state index contributed by atoms with van der Waals surface area (Å²) in [6, 6.07) is 10.7. The van der Waals surface area contributed by atoms with Gasteiger partial charge in [0.05, 0.1) is 0 Å². The molecule has 1 unspecified atom stereocenters. The van der Waals surface area contributed by atoms with Gasteiger partial charge in [0.15, 0.2) is 0 Å². The maximum atomic E-state index is 6.07. The van der Waals surface area contributed by atoms with Crippen molar-refractivity contribution < 1.29 is 0 Å². The Morgan fingerprint density at radius 1 is 1.18 bits per heavy atom. The average molecular weight is 227 g/mol. The highest BCUT2D eigenvalue weighted by Crippen LogP contribution is 2.39. The molecule has 1 heteroatoms. The molecule has 0 aliphatic heterocycles. The van der Waals surface area contributed by atoms with Crippen LogP contribution in [0.4, 0.5) is 0 Å². The monoisotopic (exact) mass is 227 g/mol. The fourth-order valence-electron chi connectivity index (χ4n) is 2.37. The minimum Gasteiger partial charge on any atom is -0.324 e. The lowest BCUT2D eigenvalue weighted by atomic mass is 9.76. The van der Waals surface area contributed by atoms with Gasteiger partial charge in [0, 0.05) is 6.04 Å². The predicted molar refractivity (Wildman–Crippen MR) is 74.5 cm³/mol. The van der Waals surface area contributed by atoms with E-state index in [9.17, 15) is 0 Å². The summed E-state index contributed by atoms with van der Waals surface area (Å²) >= 11 is 0. The van der Waals surface area contributed by atoms with Gasteiger partial charge in [-0.05, 0) is 35.5 Å². The topological polar surface area (TPSA) is 26.0 Å². The molecule has 0 aromatic heterocycles. The average Bonchev–Trinajstić information content (AvgIpc) is 2.28. The molecule has 0 bridgehead atoms. The first kappa shape index (κ1) is 12.1. The summed E-state index contributed by atoms with van der Waals surface area (Å²) in [6.45, 7) is 6.59. The zero-order chi connectivity index (χ0) is 12.5. The molecule has 0 fully saturated rings. The smallest absolute Gasteiger partial charge is 0.0268 e. The highest BCUT2D eigenvalue weighted by atomic mass is 14.6. The number of nitrogens with two attached hydrogens (primary N) is 1. The highest BCUT2D eigenvalue weighted by Gasteiger charge is 2.24.